The zero-order chi connectivity index (χ0) is 11.5. The van der Waals surface area contributed by atoms with Crippen molar-refractivity contribution in [3.63, 3.8) is 0 Å². The summed E-state index contributed by atoms with van der Waals surface area (Å²) in [7, 11) is 0. The fraction of sp³-hybridized carbons (Fsp3) is 0.462. The van der Waals surface area contributed by atoms with Gasteiger partial charge >= 0.3 is 0 Å². The molecule has 0 spiro atoms. The zero-order valence-corrected chi connectivity index (χ0v) is 9.87. The van der Waals surface area contributed by atoms with Crippen molar-refractivity contribution in [1.29, 1.82) is 0 Å². The van der Waals surface area contributed by atoms with E-state index in [2.05, 4.69) is 32.7 Å². The maximum atomic E-state index is 4.22. The van der Waals surface area contributed by atoms with Crippen molar-refractivity contribution >= 4 is 16.7 Å². The number of rotatable bonds is 3. The van der Waals surface area contributed by atoms with E-state index in [9.17, 15) is 0 Å². The Balaban J connectivity index is 1.63. The molecule has 17 heavy (non-hydrogen) atoms. The first-order chi connectivity index (χ1) is 8.42. The van der Waals surface area contributed by atoms with Crippen LogP contribution in [0.15, 0.2) is 24.5 Å². The first kappa shape index (κ1) is 10.6. The summed E-state index contributed by atoms with van der Waals surface area (Å²) in [5, 5.41) is 6.95. The number of benzene rings is 1. The summed E-state index contributed by atoms with van der Waals surface area (Å²) < 4.78 is 0. The van der Waals surface area contributed by atoms with E-state index in [1.807, 2.05) is 6.07 Å². The van der Waals surface area contributed by atoms with Crippen LogP contribution >= 0.6 is 0 Å². The molecule has 1 fully saturated rings. The van der Waals surface area contributed by atoms with Gasteiger partial charge in [0.1, 0.15) is 0 Å². The lowest BCUT2D eigenvalue weighted by Gasteiger charge is -2.23. The molecule has 4 heteroatoms. The molecule has 90 valence electrons. The Bertz CT molecular complexity index is 485. The standard InChI is InChI=1S/C13H18N4/c1-2-10(7-14-5-1)8-15-11-3-4-12-13(6-11)17-9-16-12/h3-4,6,9-10,14-15H,1-2,5,7-8H2,(H,16,17). The molecule has 2 aromatic rings. The van der Waals surface area contributed by atoms with Crippen molar-refractivity contribution in [2.75, 3.05) is 25.0 Å². The highest BCUT2D eigenvalue weighted by molar-refractivity contribution is 5.78. The van der Waals surface area contributed by atoms with Crippen molar-refractivity contribution in [1.82, 2.24) is 15.3 Å². The van der Waals surface area contributed by atoms with E-state index in [-0.39, 0.29) is 0 Å². The van der Waals surface area contributed by atoms with Crippen molar-refractivity contribution in [3.8, 4) is 0 Å². The minimum atomic E-state index is 0.751. The lowest BCUT2D eigenvalue weighted by atomic mass is 10.00. The SMILES string of the molecule is c1nc2ccc(NCC3CCCNC3)cc2[nH]1. The van der Waals surface area contributed by atoms with Crippen LogP contribution in [0, 0.1) is 5.92 Å². The summed E-state index contributed by atoms with van der Waals surface area (Å²) in [6.07, 6.45) is 4.36. The van der Waals surface area contributed by atoms with Gasteiger partial charge in [-0.2, -0.15) is 0 Å². The minimum Gasteiger partial charge on any atom is -0.385 e. The van der Waals surface area contributed by atoms with Crippen LogP contribution in [-0.2, 0) is 0 Å². The van der Waals surface area contributed by atoms with E-state index in [1.165, 1.54) is 25.1 Å². The van der Waals surface area contributed by atoms with Crippen LogP contribution in [0.5, 0.6) is 0 Å². The average molecular weight is 230 g/mol. The van der Waals surface area contributed by atoms with Crippen LogP contribution in [0.1, 0.15) is 12.8 Å². The maximum absolute atomic E-state index is 4.22. The molecule has 0 amide bonds. The third-order valence-corrected chi connectivity index (χ3v) is 3.41. The molecule has 0 radical (unpaired) electrons. The molecular formula is C13H18N4. The Labute approximate surface area is 101 Å². The van der Waals surface area contributed by atoms with E-state index >= 15 is 0 Å². The summed E-state index contributed by atoms with van der Waals surface area (Å²) in [5.41, 5.74) is 3.29. The summed E-state index contributed by atoms with van der Waals surface area (Å²) in [5.74, 6) is 0.751. The van der Waals surface area contributed by atoms with E-state index < -0.39 is 0 Å². The Kier molecular flexibility index (Phi) is 2.96. The molecule has 1 saturated heterocycles. The molecule has 0 bridgehead atoms. The lowest BCUT2D eigenvalue weighted by Crippen LogP contribution is -2.33. The predicted molar refractivity (Wildman–Crippen MR) is 70.2 cm³/mol. The van der Waals surface area contributed by atoms with E-state index in [1.54, 1.807) is 6.33 Å². The molecule has 0 aliphatic carbocycles. The first-order valence-electron chi connectivity index (χ1n) is 6.29. The lowest BCUT2D eigenvalue weighted by molar-refractivity contribution is 0.393. The number of nitrogens with zero attached hydrogens (tertiary/aromatic N) is 1. The molecule has 4 nitrogen and oxygen atoms in total. The van der Waals surface area contributed by atoms with Crippen molar-refractivity contribution in [2.24, 2.45) is 5.92 Å². The van der Waals surface area contributed by atoms with Crippen LogP contribution in [0.3, 0.4) is 0 Å². The molecule has 0 saturated carbocycles. The second kappa shape index (κ2) is 4.75. The van der Waals surface area contributed by atoms with Crippen LogP contribution in [0.4, 0.5) is 5.69 Å². The molecule has 1 aromatic heterocycles. The monoisotopic (exact) mass is 230 g/mol. The van der Waals surface area contributed by atoms with Crippen LogP contribution in [0.2, 0.25) is 0 Å². The van der Waals surface area contributed by atoms with Crippen molar-refractivity contribution in [2.45, 2.75) is 12.8 Å². The number of hydrogen-bond donors (Lipinski definition) is 3. The number of H-pyrrole nitrogens is 1. The molecule has 3 N–H and O–H groups in total. The van der Waals surface area contributed by atoms with E-state index in [0.717, 1.165) is 30.0 Å². The topological polar surface area (TPSA) is 52.7 Å². The van der Waals surface area contributed by atoms with Crippen molar-refractivity contribution in [3.05, 3.63) is 24.5 Å². The smallest absolute Gasteiger partial charge is 0.0931 e. The van der Waals surface area contributed by atoms with Gasteiger partial charge in [-0.15, -0.1) is 0 Å². The van der Waals surface area contributed by atoms with Crippen molar-refractivity contribution < 1.29 is 0 Å². The zero-order valence-electron chi connectivity index (χ0n) is 9.87. The molecule has 1 atom stereocenters. The highest BCUT2D eigenvalue weighted by atomic mass is 14.9. The number of imidazole rings is 1. The minimum absolute atomic E-state index is 0.751. The summed E-state index contributed by atoms with van der Waals surface area (Å²) in [4.78, 5) is 7.35. The molecule has 1 unspecified atom stereocenters. The molecule has 1 aliphatic rings. The molecule has 3 rings (SSSR count). The Morgan fingerprint density at radius 2 is 2.41 bits per heavy atom. The van der Waals surface area contributed by atoms with E-state index in [0.29, 0.717) is 0 Å². The summed E-state index contributed by atoms with van der Waals surface area (Å²) >= 11 is 0. The van der Waals surface area contributed by atoms with Gasteiger partial charge in [-0.1, -0.05) is 0 Å². The van der Waals surface area contributed by atoms with Gasteiger partial charge in [0.2, 0.25) is 0 Å². The normalized spacial score (nSPS) is 20.6. The number of fused-ring (bicyclic) bond motifs is 1. The number of aromatic nitrogens is 2. The third kappa shape index (κ3) is 2.42. The Hall–Kier alpha value is -1.55. The first-order valence-corrected chi connectivity index (χ1v) is 6.29. The second-order valence-corrected chi connectivity index (χ2v) is 4.73. The van der Waals surface area contributed by atoms with Crippen LogP contribution in [-0.4, -0.2) is 29.6 Å². The van der Waals surface area contributed by atoms with E-state index in [4.69, 9.17) is 0 Å². The van der Waals surface area contributed by atoms with Gasteiger partial charge in [-0.05, 0) is 50.0 Å². The Morgan fingerprint density at radius 1 is 1.41 bits per heavy atom. The fourth-order valence-corrected chi connectivity index (χ4v) is 2.41. The number of anilines is 1. The predicted octanol–water partition coefficient (Wildman–Crippen LogP) is 1.97. The van der Waals surface area contributed by atoms with Gasteiger partial charge in [-0.3, -0.25) is 0 Å². The number of aromatic amines is 1. The maximum Gasteiger partial charge on any atom is 0.0931 e. The molecule has 1 aromatic carbocycles. The fourth-order valence-electron chi connectivity index (χ4n) is 2.41. The highest BCUT2D eigenvalue weighted by Crippen LogP contribution is 2.17. The summed E-state index contributed by atoms with van der Waals surface area (Å²) in [6.45, 7) is 3.36. The van der Waals surface area contributed by atoms with Crippen LogP contribution < -0.4 is 10.6 Å². The van der Waals surface area contributed by atoms with Crippen LogP contribution in [0.25, 0.3) is 11.0 Å². The second-order valence-electron chi connectivity index (χ2n) is 4.73. The average Bonchev–Trinajstić information content (AvgIpc) is 2.85. The molecular weight excluding hydrogens is 212 g/mol. The number of piperidine rings is 1. The highest BCUT2D eigenvalue weighted by Gasteiger charge is 2.12. The van der Waals surface area contributed by atoms with Gasteiger partial charge in [-0.25, -0.2) is 4.98 Å². The molecule has 2 heterocycles. The quantitative estimate of drug-likeness (QED) is 0.755. The third-order valence-electron chi connectivity index (χ3n) is 3.41. The van der Waals surface area contributed by atoms with Gasteiger partial charge in [0.15, 0.2) is 0 Å². The largest absolute Gasteiger partial charge is 0.385 e. The van der Waals surface area contributed by atoms with Gasteiger partial charge < -0.3 is 15.6 Å². The number of hydrogen-bond acceptors (Lipinski definition) is 3. The Morgan fingerprint density at radius 3 is 3.29 bits per heavy atom. The summed E-state index contributed by atoms with van der Waals surface area (Å²) in [6, 6.07) is 6.27. The molecule has 1 aliphatic heterocycles. The van der Waals surface area contributed by atoms with Gasteiger partial charge in [0.25, 0.3) is 0 Å². The van der Waals surface area contributed by atoms with Gasteiger partial charge in [0.05, 0.1) is 17.4 Å². The number of nitrogens with one attached hydrogen (secondary N) is 3. The van der Waals surface area contributed by atoms with Gasteiger partial charge in [0, 0.05) is 12.2 Å².